The highest BCUT2D eigenvalue weighted by atomic mass is 35.5. The Hall–Kier alpha value is -1.92. The maximum atomic E-state index is 12.5. The molecule has 6 nitrogen and oxygen atoms in total. The van der Waals surface area contributed by atoms with Crippen molar-refractivity contribution < 1.29 is 4.79 Å². The minimum atomic E-state index is -0.0795. The molecule has 1 aliphatic heterocycles. The number of aromatic nitrogens is 2. The van der Waals surface area contributed by atoms with Crippen LogP contribution in [0, 0.1) is 5.92 Å². The van der Waals surface area contributed by atoms with Gasteiger partial charge in [-0.1, -0.05) is 12.1 Å². The summed E-state index contributed by atoms with van der Waals surface area (Å²) in [6.45, 7) is 3.09. The van der Waals surface area contributed by atoms with Crippen molar-refractivity contribution in [3.63, 3.8) is 0 Å². The van der Waals surface area contributed by atoms with Gasteiger partial charge in [0.2, 0.25) is 5.91 Å². The Labute approximate surface area is 160 Å². The molecule has 1 saturated heterocycles. The van der Waals surface area contributed by atoms with Crippen LogP contribution in [-0.4, -0.2) is 47.0 Å². The normalized spacial score (nSPS) is 15.0. The molecule has 1 aromatic heterocycles. The fourth-order valence-corrected chi connectivity index (χ4v) is 3.46. The van der Waals surface area contributed by atoms with Gasteiger partial charge in [-0.2, -0.15) is 0 Å². The number of piperidine rings is 1. The number of fused-ring (bicyclic) bond motifs is 1. The molecule has 142 valence electrons. The largest absolute Gasteiger partial charge is 0.343 e. The summed E-state index contributed by atoms with van der Waals surface area (Å²) in [5.41, 5.74) is 0.614. The first-order valence-electron chi connectivity index (χ1n) is 9.05. The van der Waals surface area contributed by atoms with Crippen molar-refractivity contribution in [2.75, 3.05) is 26.7 Å². The van der Waals surface area contributed by atoms with E-state index < -0.39 is 0 Å². The standard InChI is InChI=1S/C19H26N4O2.ClH/c1-20-10-6-15-7-11-22(12-8-15)18(24)9-13-23-14-21-17-5-3-2-4-16(17)19(23)25;/h2-5,14-15,20H,6-13H2,1H3;1H. The van der Waals surface area contributed by atoms with Crippen LogP contribution in [0.1, 0.15) is 25.7 Å². The van der Waals surface area contributed by atoms with E-state index in [2.05, 4.69) is 10.3 Å². The van der Waals surface area contributed by atoms with Crippen molar-refractivity contribution in [2.45, 2.75) is 32.2 Å². The third kappa shape index (κ3) is 4.83. The SMILES string of the molecule is CNCCC1CCN(C(=O)CCn2cnc3ccccc3c2=O)CC1.Cl. The van der Waals surface area contributed by atoms with Gasteiger partial charge in [0.1, 0.15) is 0 Å². The van der Waals surface area contributed by atoms with E-state index in [0.29, 0.717) is 29.8 Å². The quantitative estimate of drug-likeness (QED) is 0.835. The number of rotatable bonds is 6. The topological polar surface area (TPSA) is 67.2 Å². The van der Waals surface area contributed by atoms with E-state index in [0.717, 1.165) is 32.5 Å². The van der Waals surface area contributed by atoms with Gasteiger partial charge in [-0.15, -0.1) is 12.4 Å². The molecule has 1 N–H and O–H groups in total. The van der Waals surface area contributed by atoms with Gasteiger partial charge in [0.25, 0.3) is 5.56 Å². The molecular formula is C19H27ClN4O2. The van der Waals surface area contributed by atoms with Crippen molar-refractivity contribution in [1.82, 2.24) is 19.8 Å². The van der Waals surface area contributed by atoms with E-state index in [-0.39, 0.29) is 23.9 Å². The Morgan fingerprint density at radius 1 is 1.27 bits per heavy atom. The van der Waals surface area contributed by atoms with Gasteiger partial charge in [0.05, 0.1) is 17.2 Å². The summed E-state index contributed by atoms with van der Waals surface area (Å²) < 4.78 is 1.54. The average Bonchev–Trinajstić information content (AvgIpc) is 2.66. The third-order valence-corrected chi connectivity index (χ3v) is 5.07. The number of carbonyl (C=O) groups is 1. The maximum absolute atomic E-state index is 12.5. The molecule has 0 aliphatic carbocycles. The summed E-state index contributed by atoms with van der Waals surface area (Å²) in [5, 5.41) is 3.79. The Morgan fingerprint density at radius 2 is 2.00 bits per heavy atom. The Balaban J connectivity index is 0.00000243. The highest BCUT2D eigenvalue weighted by molar-refractivity contribution is 5.85. The van der Waals surface area contributed by atoms with Crippen molar-refractivity contribution in [2.24, 2.45) is 5.92 Å². The molecule has 1 aromatic carbocycles. The molecule has 0 saturated carbocycles. The number of benzene rings is 1. The molecule has 2 aromatic rings. The maximum Gasteiger partial charge on any atom is 0.261 e. The van der Waals surface area contributed by atoms with Crippen LogP contribution >= 0.6 is 12.4 Å². The van der Waals surface area contributed by atoms with Gasteiger partial charge in [-0.05, 0) is 50.9 Å². The van der Waals surface area contributed by atoms with Crippen LogP contribution in [0.25, 0.3) is 10.9 Å². The van der Waals surface area contributed by atoms with E-state index in [1.165, 1.54) is 6.42 Å². The number of halogens is 1. The van der Waals surface area contributed by atoms with Crippen LogP contribution in [0.5, 0.6) is 0 Å². The molecule has 0 atom stereocenters. The summed E-state index contributed by atoms with van der Waals surface area (Å²) in [6.07, 6.45) is 5.22. The predicted molar refractivity (Wildman–Crippen MR) is 106 cm³/mol. The first-order valence-corrected chi connectivity index (χ1v) is 9.05. The van der Waals surface area contributed by atoms with Crippen molar-refractivity contribution in [3.05, 3.63) is 40.9 Å². The lowest BCUT2D eigenvalue weighted by Gasteiger charge is -2.32. The fourth-order valence-electron chi connectivity index (χ4n) is 3.46. The van der Waals surface area contributed by atoms with Crippen LogP contribution < -0.4 is 10.9 Å². The van der Waals surface area contributed by atoms with E-state index in [4.69, 9.17) is 0 Å². The number of para-hydroxylation sites is 1. The molecule has 0 unspecified atom stereocenters. The Morgan fingerprint density at radius 3 is 2.73 bits per heavy atom. The van der Waals surface area contributed by atoms with Crippen LogP contribution in [0.2, 0.25) is 0 Å². The molecule has 26 heavy (non-hydrogen) atoms. The molecular weight excluding hydrogens is 352 g/mol. The van der Waals surface area contributed by atoms with Gasteiger partial charge in [0.15, 0.2) is 0 Å². The van der Waals surface area contributed by atoms with E-state index in [1.807, 2.05) is 30.1 Å². The summed E-state index contributed by atoms with van der Waals surface area (Å²) in [4.78, 5) is 31.1. The fraction of sp³-hybridized carbons (Fsp3) is 0.526. The lowest BCUT2D eigenvalue weighted by Crippen LogP contribution is -2.39. The Bertz CT molecular complexity index is 784. The zero-order valence-corrected chi connectivity index (χ0v) is 16.0. The molecule has 2 heterocycles. The smallest absolute Gasteiger partial charge is 0.261 e. The first-order chi connectivity index (χ1) is 12.2. The van der Waals surface area contributed by atoms with E-state index >= 15 is 0 Å². The van der Waals surface area contributed by atoms with Gasteiger partial charge >= 0.3 is 0 Å². The molecule has 0 spiro atoms. The van der Waals surface area contributed by atoms with Crippen LogP contribution in [-0.2, 0) is 11.3 Å². The minimum absolute atomic E-state index is 0. The monoisotopic (exact) mass is 378 g/mol. The number of likely N-dealkylation sites (tertiary alicyclic amines) is 1. The second kappa shape index (κ2) is 9.69. The van der Waals surface area contributed by atoms with Crippen molar-refractivity contribution in [1.29, 1.82) is 0 Å². The summed E-state index contributed by atoms with van der Waals surface area (Å²) >= 11 is 0. The highest BCUT2D eigenvalue weighted by Gasteiger charge is 2.22. The number of amides is 1. The molecule has 0 radical (unpaired) electrons. The summed E-state index contributed by atoms with van der Waals surface area (Å²) in [5.74, 6) is 0.843. The molecule has 0 bridgehead atoms. The first kappa shape index (κ1) is 20.4. The van der Waals surface area contributed by atoms with Gasteiger partial charge in [-0.25, -0.2) is 4.98 Å². The number of hydrogen-bond donors (Lipinski definition) is 1. The minimum Gasteiger partial charge on any atom is -0.343 e. The Kier molecular flexibility index (Phi) is 7.60. The summed E-state index contributed by atoms with van der Waals surface area (Å²) in [6, 6.07) is 7.30. The number of nitrogens with zero attached hydrogens (tertiary/aromatic N) is 3. The van der Waals surface area contributed by atoms with Crippen LogP contribution in [0.3, 0.4) is 0 Å². The zero-order valence-electron chi connectivity index (χ0n) is 15.2. The van der Waals surface area contributed by atoms with Gasteiger partial charge in [0, 0.05) is 26.1 Å². The molecule has 3 rings (SSSR count). The van der Waals surface area contributed by atoms with Crippen molar-refractivity contribution in [3.8, 4) is 0 Å². The third-order valence-electron chi connectivity index (χ3n) is 5.07. The van der Waals surface area contributed by atoms with E-state index in [1.54, 1.807) is 17.0 Å². The van der Waals surface area contributed by atoms with Crippen molar-refractivity contribution >= 4 is 29.2 Å². The lowest BCUT2D eigenvalue weighted by atomic mass is 9.93. The second-order valence-corrected chi connectivity index (χ2v) is 6.73. The number of aryl methyl sites for hydroxylation is 1. The number of nitrogens with one attached hydrogen (secondary N) is 1. The number of carbonyl (C=O) groups excluding carboxylic acids is 1. The second-order valence-electron chi connectivity index (χ2n) is 6.73. The highest BCUT2D eigenvalue weighted by Crippen LogP contribution is 2.20. The van der Waals surface area contributed by atoms with E-state index in [9.17, 15) is 9.59 Å². The zero-order chi connectivity index (χ0) is 17.6. The van der Waals surface area contributed by atoms with Gasteiger partial charge in [-0.3, -0.25) is 14.2 Å². The summed E-state index contributed by atoms with van der Waals surface area (Å²) in [7, 11) is 1.97. The average molecular weight is 379 g/mol. The molecule has 1 amide bonds. The van der Waals surface area contributed by atoms with Crippen LogP contribution in [0.15, 0.2) is 35.4 Å². The molecule has 1 fully saturated rings. The molecule has 7 heteroatoms. The lowest BCUT2D eigenvalue weighted by molar-refractivity contribution is -0.132. The molecule has 1 aliphatic rings. The number of hydrogen-bond acceptors (Lipinski definition) is 4. The predicted octanol–water partition coefficient (Wildman–Crippen LogP) is 2.06. The van der Waals surface area contributed by atoms with Crippen LogP contribution in [0.4, 0.5) is 0 Å². The van der Waals surface area contributed by atoms with Gasteiger partial charge < -0.3 is 10.2 Å².